The molecular weight excluding hydrogens is 210 g/mol. The second-order valence-corrected chi connectivity index (χ2v) is 4.38. The fourth-order valence-electron chi connectivity index (χ4n) is 2.18. The van der Waals surface area contributed by atoms with E-state index in [0.717, 1.165) is 30.0 Å². The molecular formula is C14H15N3. The molecule has 0 radical (unpaired) electrons. The zero-order valence-corrected chi connectivity index (χ0v) is 9.61. The highest BCUT2D eigenvalue weighted by Crippen LogP contribution is 2.26. The fourth-order valence-corrected chi connectivity index (χ4v) is 2.18. The normalized spacial score (nSPS) is 13.9. The summed E-state index contributed by atoms with van der Waals surface area (Å²) < 4.78 is 0. The molecule has 0 atom stereocenters. The number of hydrogen-bond donors (Lipinski definition) is 2. The van der Waals surface area contributed by atoms with Gasteiger partial charge in [0.1, 0.15) is 5.82 Å². The van der Waals surface area contributed by atoms with E-state index in [2.05, 4.69) is 16.4 Å². The van der Waals surface area contributed by atoms with Crippen LogP contribution in [0.5, 0.6) is 0 Å². The molecule has 1 aliphatic heterocycles. The lowest BCUT2D eigenvalue weighted by Gasteiger charge is -2.17. The van der Waals surface area contributed by atoms with Crippen LogP contribution in [0.3, 0.4) is 0 Å². The van der Waals surface area contributed by atoms with Crippen molar-refractivity contribution in [3.05, 3.63) is 42.1 Å². The second-order valence-electron chi connectivity index (χ2n) is 4.38. The minimum absolute atomic E-state index is 0.793. The number of anilines is 2. The van der Waals surface area contributed by atoms with Gasteiger partial charge in [0, 0.05) is 24.0 Å². The molecule has 2 aromatic rings. The maximum absolute atomic E-state index is 5.69. The topological polar surface area (TPSA) is 50.9 Å². The first-order chi connectivity index (χ1) is 8.33. The van der Waals surface area contributed by atoms with E-state index in [4.69, 9.17) is 5.73 Å². The summed E-state index contributed by atoms with van der Waals surface area (Å²) in [5.74, 6) is 1.04. The maximum Gasteiger partial charge on any atom is 0.129 e. The monoisotopic (exact) mass is 225 g/mol. The fraction of sp³-hybridized carbons (Fsp3) is 0.214. The maximum atomic E-state index is 5.69. The van der Waals surface area contributed by atoms with Gasteiger partial charge in [0.15, 0.2) is 0 Å². The number of pyridine rings is 1. The Morgan fingerprint density at radius 2 is 1.94 bits per heavy atom. The smallest absolute Gasteiger partial charge is 0.129 e. The molecule has 3 heteroatoms. The first-order valence-electron chi connectivity index (χ1n) is 5.91. The predicted molar refractivity (Wildman–Crippen MR) is 70.9 cm³/mol. The van der Waals surface area contributed by atoms with Gasteiger partial charge in [-0.25, -0.2) is 4.98 Å². The van der Waals surface area contributed by atoms with Crippen LogP contribution >= 0.6 is 0 Å². The number of nitrogens with two attached hydrogens (primary N) is 1. The molecule has 3 nitrogen and oxygen atoms in total. The van der Waals surface area contributed by atoms with Crippen molar-refractivity contribution < 1.29 is 0 Å². The summed E-state index contributed by atoms with van der Waals surface area (Å²) in [6, 6.07) is 10.1. The molecule has 1 aromatic heterocycles. The Balaban J connectivity index is 2.01. The van der Waals surface area contributed by atoms with Crippen LogP contribution in [0.2, 0.25) is 0 Å². The van der Waals surface area contributed by atoms with Gasteiger partial charge in [-0.3, -0.25) is 0 Å². The third-order valence-electron chi connectivity index (χ3n) is 3.13. The van der Waals surface area contributed by atoms with Crippen molar-refractivity contribution in [3.63, 3.8) is 0 Å². The Morgan fingerprint density at radius 3 is 2.76 bits per heavy atom. The molecule has 0 bridgehead atoms. The van der Waals surface area contributed by atoms with E-state index in [-0.39, 0.29) is 0 Å². The highest BCUT2D eigenvalue weighted by atomic mass is 15.0. The summed E-state index contributed by atoms with van der Waals surface area (Å²) in [5, 5.41) is 3.32. The van der Waals surface area contributed by atoms with Crippen LogP contribution in [0.1, 0.15) is 12.0 Å². The van der Waals surface area contributed by atoms with Gasteiger partial charge >= 0.3 is 0 Å². The summed E-state index contributed by atoms with van der Waals surface area (Å²) in [6.45, 7) is 1.03. The minimum atomic E-state index is 0.793. The standard InChI is InChI=1S/C14H15N3/c15-13-5-3-10(4-6-13)12-8-11-2-1-7-16-14(11)17-9-12/h3-6,8-9H,1-2,7,15H2,(H,16,17). The van der Waals surface area contributed by atoms with Gasteiger partial charge in [-0.2, -0.15) is 0 Å². The molecule has 0 spiro atoms. The number of aromatic nitrogens is 1. The minimum Gasteiger partial charge on any atom is -0.399 e. The zero-order chi connectivity index (χ0) is 11.7. The number of aryl methyl sites for hydroxylation is 1. The van der Waals surface area contributed by atoms with Crippen molar-refractivity contribution in [1.82, 2.24) is 4.98 Å². The number of nitrogen functional groups attached to an aromatic ring is 1. The molecule has 1 aliphatic rings. The Labute approximate surface area is 101 Å². The predicted octanol–water partition coefficient (Wildman–Crippen LogP) is 2.69. The molecule has 0 saturated carbocycles. The number of fused-ring (bicyclic) bond motifs is 1. The van der Waals surface area contributed by atoms with Gasteiger partial charge in [-0.05, 0) is 42.2 Å². The molecule has 0 amide bonds. The van der Waals surface area contributed by atoms with E-state index >= 15 is 0 Å². The largest absolute Gasteiger partial charge is 0.399 e. The molecule has 3 rings (SSSR count). The molecule has 0 saturated heterocycles. The van der Waals surface area contributed by atoms with E-state index in [1.165, 1.54) is 17.5 Å². The van der Waals surface area contributed by atoms with Gasteiger partial charge in [0.25, 0.3) is 0 Å². The lowest BCUT2D eigenvalue weighted by atomic mass is 10.0. The zero-order valence-electron chi connectivity index (χ0n) is 9.61. The molecule has 0 unspecified atom stereocenters. The van der Waals surface area contributed by atoms with Crippen molar-refractivity contribution in [3.8, 4) is 11.1 Å². The Kier molecular flexibility index (Phi) is 2.44. The quantitative estimate of drug-likeness (QED) is 0.734. The average Bonchev–Trinajstić information content (AvgIpc) is 2.39. The third-order valence-corrected chi connectivity index (χ3v) is 3.13. The Hall–Kier alpha value is -2.03. The van der Waals surface area contributed by atoms with Gasteiger partial charge in [0.2, 0.25) is 0 Å². The molecule has 17 heavy (non-hydrogen) atoms. The van der Waals surface area contributed by atoms with Crippen molar-refractivity contribution in [2.75, 3.05) is 17.6 Å². The van der Waals surface area contributed by atoms with Crippen LogP contribution in [-0.4, -0.2) is 11.5 Å². The molecule has 0 aliphatic carbocycles. The summed E-state index contributed by atoms with van der Waals surface area (Å²) in [5.41, 5.74) is 10.1. The summed E-state index contributed by atoms with van der Waals surface area (Å²) >= 11 is 0. The molecule has 86 valence electrons. The van der Waals surface area contributed by atoms with E-state index in [0.29, 0.717) is 0 Å². The number of benzene rings is 1. The van der Waals surface area contributed by atoms with Crippen molar-refractivity contribution in [1.29, 1.82) is 0 Å². The SMILES string of the molecule is Nc1ccc(-c2cnc3c(c2)CCCN3)cc1. The van der Waals surface area contributed by atoms with Crippen molar-refractivity contribution >= 4 is 11.5 Å². The van der Waals surface area contributed by atoms with Gasteiger partial charge < -0.3 is 11.1 Å². The van der Waals surface area contributed by atoms with E-state index in [1.54, 1.807) is 0 Å². The van der Waals surface area contributed by atoms with E-state index in [1.807, 2.05) is 30.5 Å². The van der Waals surface area contributed by atoms with E-state index in [9.17, 15) is 0 Å². The van der Waals surface area contributed by atoms with Crippen LogP contribution in [-0.2, 0) is 6.42 Å². The van der Waals surface area contributed by atoms with E-state index < -0.39 is 0 Å². The number of hydrogen-bond acceptors (Lipinski definition) is 3. The average molecular weight is 225 g/mol. The second kappa shape index (κ2) is 4.09. The van der Waals surface area contributed by atoms with Crippen LogP contribution in [0.15, 0.2) is 36.5 Å². The summed E-state index contributed by atoms with van der Waals surface area (Å²) in [7, 11) is 0. The summed E-state index contributed by atoms with van der Waals surface area (Å²) in [6.07, 6.45) is 4.21. The lowest BCUT2D eigenvalue weighted by molar-refractivity contribution is 0.818. The van der Waals surface area contributed by atoms with Gasteiger partial charge in [-0.15, -0.1) is 0 Å². The highest BCUT2D eigenvalue weighted by Gasteiger charge is 2.10. The van der Waals surface area contributed by atoms with Crippen molar-refractivity contribution in [2.24, 2.45) is 0 Å². The number of rotatable bonds is 1. The first-order valence-corrected chi connectivity index (χ1v) is 5.91. The molecule has 2 heterocycles. The third kappa shape index (κ3) is 1.96. The molecule has 0 fully saturated rings. The lowest BCUT2D eigenvalue weighted by Crippen LogP contribution is -2.13. The van der Waals surface area contributed by atoms with Crippen LogP contribution < -0.4 is 11.1 Å². The molecule has 1 aromatic carbocycles. The van der Waals surface area contributed by atoms with Crippen molar-refractivity contribution in [2.45, 2.75) is 12.8 Å². The van der Waals surface area contributed by atoms with Crippen LogP contribution in [0.4, 0.5) is 11.5 Å². The molecule has 3 N–H and O–H groups in total. The highest BCUT2D eigenvalue weighted by molar-refractivity contribution is 5.67. The summed E-state index contributed by atoms with van der Waals surface area (Å²) in [4.78, 5) is 4.48. The van der Waals surface area contributed by atoms with Gasteiger partial charge in [0.05, 0.1) is 0 Å². The van der Waals surface area contributed by atoms with Crippen LogP contribution in [0, 0.1) is 0 Å². The number of nitrogens with one attached hydrogen (secondary N) is 1. The Bertz CT molecular complexity index is 532. The Morgan fingerprint density at radius 1 is 1.12 bits per heavy atom. The number of nitrogens with zero attached hydrogens (tertiary/aromatic N) is 1. The first kappa shape index (κ1) is 10.1. The van der Waals surface area contributed by atoms with Crippen LogP contribution in [0.25, 0.3) is 11.1 Å². The van der Waals surface area contributed by atoms with Gasteiger partial charge in [-0.1, -0.05) is 12.1 Å².